The number of anilines is 1. The highest BCUT2D eigenvalue weighted by Crippen LogP contribution is 2.43. The molecule has 0 radical (unpaired) electrons. The van der Waals surface area contributed by atoms with Crippen LogP contribution in [0.1, 0.15) is 47.9 Å². The fraction of sp³-hybridized carbons (Fsp3) is 0.364. The van der Waals surface area contributed by atoms with Crippen molar-refractivity contribution in [1.29, 1.82) is 0 Å². The van der Waals surface area contributed by atoms with E-state index in [9.17, 15) is 14.3 Å². The molecule has 1 atom stereocenters. The minimum absolute atomic E-state index is 0.0542. The molecule has 6 rings (SSSR count). The maximum absolute atomic E-state index is 12.6. The summed E-state index contributed by atoms with van der Waals surface area (Å²) in [5, 5.41) is 10.2. The highest BCUT2D eigenvalue weighted by molar-refractivity contribution is 6.02. The van der Waals surface area contributed by atoms with Crippen molar-refractivity contribution in [2.45, 2.75) is 38.2 Å². The van der Waals surface area contributed by atoms with Gasteiger partial charge in [0.2, 0.25) is 0 Å². The zero-order valence-corrected chi connectivity index (χ0v) is 22.9. The molecular weight excluding hydrogens is 507 g/mol. The third-order valence-electron chi connectivity index (χ3n) is 8.21. The van der Waals surface area contributed by atoms with E-state index in [4.69, 9.17) is 9.47 Å². The maximum Gasteiger partial charge on any atom is 0.264 e. The van der Waals surface area contributed by atoms with Crippen LogP contribution in [0.5, 0.6) is 17.2 Å². The number of likely N-dealkylation sites (tertiary alicyclic amines) is 1. The first kappa shape index (κ1) is 26.4. The van der Waals surface area contributed by atoms with E-state index >= 15 is 0 Å². The molecule has 7 heteroatoms. The van der Waals surface area contributed by atoms with E-state index < -0.39 is 0 Å². The lowest BCUT2D eigenvalue weighted by atomic mass is 9.87. The number of fused-ring (bicyclic) bond motifs is 2. The van der Waals surface area contributed by atoms with Gasteiger partial charge >= 0.3 is 0 Å². The van der Waals surface area contributed by atoms with Crippen LogP contribution in [0.15, 0.2) is 60.7 Å². The SMILES string of the molecule is CN1C(=O)COc2ccc(C3=C(c4ccc(O[C@H]5CCN(CCCF)C5)cc4)c4ccc(O)cc4CCC3)cc21. The third kappa shape index (κ3) is 5.30. The molecule has 2 heterocycles. The van der Waals surface area contributed by atoms with Gasteiger partial charge in [0.05, 0.1) is 12.4 Å². The smallest absolute Gasteiger partial charge is 0.264 e. The van der Waals surface area contributed by atoms with Crippen LogP contribution in [0.2, 0.25) is 0 Å². The molecule has 1 N–H and O–H groups in total. The van der Waals surface area contributed by atoms with Gasteiger partial charge in [-0.25, -0.2) is 0 Å². The number of halogens is 1. The van der Waals surface area contributed by atoms with Crippen molar-refractivity contribution in [3.8, 4) is 17.2 Å². The molecule has 1 fully saturated rings. The molecule has 208 valence electrons. The lowest BCUT2D eigenvalue weighted by molar-refractivity contribution is -0.120. The number of likely N-dealkylation sites (N-methyl/N-ethyl adjacent to an activating group) is 1. The predicted molar refractivity (Wildman–Crippen MR) is 155 cm³/mol. The van der Waals surface area contributed by atoms with Crippen molar-refractivity contribution < 1.29 is 23.8 Å². The Morgan fingerprint density at radius 1 is 1.05 bits per heavy atom. The van der Waals surface area contributed by atoms with Gasteiger partial charge in [0, 0.05) is 26.7 Å². The van der Waals surface area contributed by atoms with Crippen molar-refractivity contribution in [3.63, 3.8) is 0 Å². The number of carbonyl (C=O) groups is 1. The highest BCUT2D eigenvalue weighted by Gasteiger charge is 2.26. The Labute approximate surface area is 234 Å². The maximum atomic E-state index is 12.6. The zero-order chi connectivity index (χ0) is 27.6. The molecule has 3 aromatic carbocycles. The van der Waals surface area contributed by atoms with Crippen molar-refractivity contribution >= 4 is 22.7 Å². The second-order valence-corrected chi connectivity index (χ2v) is 10.9. The number of benzene rings is 3. The van der Waals surface area contributed by atoms with Crippen molar-refractivity contribution in [1.82, 2.24) is 4.90 Å². The van der Waals surface area contributed by atoms with Crippen LogP contribution in [-0.2, 0) is 11.2 Å². The number of carbonyl (C=O) groups excluding carboxylic acids is 1. The lowest BCUT2D eigenvalue weighted by Crippen LogP contribution is -2.35. The second-order valence-electron chi connectivity index (χ2n) is 10.9. The standard InChI is InChI=1S/C33H35FN2O4/c1-35-30-19-24(8-13-31(30)39-21-32(35)38)28-5-2-4-23-18-25(37)9-12-29(23)33(28)22-6-10-26(11-7-22)40-27-14-17-36(20-27)16-3-15-34/h6-13,18-19,27,37H,2-5,14-17,20-21H2,1H3/t27-/m0/s1. The summed E-state index contributed by atoms with van der Waals surface area (Å²) in [6.07, 6.45) is 4.29. The fourth-order valence-corrected chi connectivity index (χ4v) is 6.12. The average molecular weight is 543 g/mol. The molecule has 3 aliphatic rings. The molecule has 6 nitrogen and oxygen atoms in total. The number of hydrogen-bond acceptors (Lipinski definition) is 5. The van der Waals surface area contributed by atoms with Gasteiger partial charge in [-0.05, 0) is 102 Å². The molecule has 0 unspecified atom stereocenters. The number of allylic oxidation sites excluding steroid dienone is 1. The van der Waals surface area contributed by atoms with Crippen molar-refractivity contribution in [2.75, 3.05) is 44.9 Å². The van der Waals surface area contributed by atoms with Gasteiger partial charge in [0.25, 0.3) is 5.91 Å². The molecule has 0 aromatic heterocycles. The first-order valence-corrected chi connectivity index (χ1v) is 14.1. The third-order valence-corrected chi connectivity index (χ3v) is 8.21. The van der Waals surface area contributed by atoms with Crippen LogP contribution < -0.4 is 14.4 Å². The van der Waals surface area contributed by atoms with Crippen LogP contribution in [-0.4, -0.2) is 62.0 Å². The van der Waals surface area contributed by atoms with E-state index in [1.54, 1.807) is 18.0 Å². The Morgan fingerprint density at radius 3 is 2.70 bits per heavy atom. The Kier molecular flexibility index (Phi) is 7.48. The predicted octanol–water partition coefficient (Wildman–Crippen LogP) is 5.86. The molecule has 1 amide bonds. The van der Waals surface area contributed by atoms with E-state index in [-0.39, 0.29) is 31.0 Å². The van der Waals surface area contributed by atoms with Crippen molar-refractivity contribution in [2.24, 2.45) is 0 Å². The zero-order valence-electron chi connectivity index (χ0n) is 22.9. The Balaban J connectivity index is 1.36. The minimum Gasteiger partial charge on any atom is -0.508 e. The van der Waals surface area contributed by atoms with Crippen LogP contribution in [0.3, 0.4) is 0 Å². The molecule has 40 heavy (non-hydrogen) atoms. The fourth-order valence-electron chi connectivity index (χ4n) is 6.12. The topological polar surface area (TPSA) is 62.2 Å². The Bertz CT molecular complexity index is 1430. The van der Waals surface area contributed by atoms with Crippen LogP contribution in [0.25, 0.3) is 11.1 Å². The summed E-state index contributed by atoms with van der Waals surface area (Å²) >= 11 is 0. The summed E-state index contributed by atoms with van der Waals surface area (Å²) in [6, 6.07) is 20.0. The Hall–Kier alpha value is -3.84. The number of hydrogen-bond donors (Lipinski definition) is 1. The van der Waals surface area contributed by atoms with Crippen LogP contribution in [0, 0.1) is 0 Å². The number of phenolic OH excluding ortho intramolecular Hbond substituents is 1. The van der Waals surface area contributed by atoms with Crippen molar-refractivity contribution in [3.05, 3.63) is 82.9 Å². The quantitative estimate of drug-likeness (QED) is 0.406. The average Bonchev–Trinajstić information content (AvgIpc) is 3.33. The number of rotatable bonds is 7. The molecule has 0 bridgehead atoms. The first-order chi connectivity index (χ1) is 19.5. The summed E-state index contributed by atoms with van der Waals surface area (Å²) in [7, 11) is 1.79. The molecule has 1 saturated heterocycles. The molecular formula is C33H35FN2O4. The van der Waals surface area contributed by atoms with Crippen LogP contribution in [0.4, 0.5) is 10.1 Å². The monoisotopic (exact) mass is 542 g/mol. The van der Waals surface area contributed by atoms with Gasteiger partial charge in [-0.1, -0.05) is 24.3 Å². The number of amides is 1. The van der Waals surface area contributed by atoms with Gasteiger partial charge in [-0.3, -0.25) is 14.1 Å². The lowest BCUT2D eigenvalue weighted by Gasteiger charge is -2.27. The van der Waals surface area contributed by atoms with Gasteiger partial charge in [0.15, 0.2) is 6.61 Å². The second kappa shape index (κ2) is 11.3. The summed E-state index contributed by atoms with van der Waals surface area (Å²) in [5.41, 5.74) is 7.46. The van der Waals surface area contributed by atoms with E-state index in [1.807, 2.05) is 30.3 Å². The molecule has 0 saturated carbocycles. The normalized spacial score (nSPS) is 19.2. The van der Waals surface area contributed by atoms with E-state index in [0.29, 0.717) is 12.2 Å². The summed E-state index contributed by atoms with van der Waals surface area (Å²) in [6.45, 7) is 2.32. The number of aryl methyl sites for hydroxylation is 1. The van der Waals surface area contributed by atoms with E-state index in [0.717, 1.165) is 84.6 Å². The van der Waals surface area contributed by atoms with Gasteiger partial charge in [-0.15, -0.1) is 0 Å². The van der Waals surface area contributed by atoms with Gasteiger partial charge in [-0.2, -0.15) is 0 Å². The van der Waals surface area contributed by atoms with E-state index in [2.05, 4.69) is 29.2 Å². The van der Waals surface area contributed by atoms with Gasteiger partial charge in [0.1, 0.15) is 23.4 Å². The number of alkyl halides is 1. The number of aromatic hydroxyl groups is 1. The summed E-state index contributed by atoms with van der Waals surface area (Å²) in [4.78, 5) is 16.3. The molecule has 2 aliphatic heterocycles. The minimum atomic E-state index is -0.280. The van der Waals surface area contributed by atoms with Gasteiger partial charge < -0.3 is 19.5 Å². The van der Waals surface area contributed by atoms with Crippen LogP contribution >= 0.6 is 0 Å². The number of nitrogens with zero attached hydrogens (tertiary/aromatic N) is 2. The highest BCUT2D eigenvalue weighted by atomic mass is 19.1. The number of phenols is 1. The summed E-state index contributed by atoms with van der Waals surface area (Å²) in [5.74, 6) is 1.75. The van der Waals surface area contributed by atoms with E-state index in [1.165, 1.54) is 5.57 Å². The molecule has 1 aliphatic carbocycles. The largest absolute Gasteiger partial charge is 0.508 e. The number of ether oxygens (including phenoxy) is 2. The molecule has 3 aromatic rings. The molecule has 0 spiro atoms. The Morgan fingerprint density at radius 2 is 1.88 bits per heavy atom. The first-order valence-electron chi connectivity index (χ1n) is 14.1. The summed E-state index contributed by atoms with van der Waals surface area (Å²) < 4.78 is 24.5.